The third-order valence-electron chi connectivity index (χ3n) is 2.45. The van der Waals surface area contributed by atoms with Gasteiger partial charge in [0.05, 0.1) is 20.9 Å². The van der Waals surface area contributed by atoms with Gasteiger partial charge in [0.1, 0.15) is 6.61 Å². The van der Waals surface area contributed by atoms with Crippen LogP contribution in [0.2, 0.25) is 0 Å². The molecule has 2 aromatic rings. The number of rotatable bonds is 5. The molecule has 6 nitrogen and oxygen atoms in total. The van der Waals surface area contributed by atoms with Crippen LogP contribution in [0.15, 0.2) is 28.3 Å². The highest BCUT2D eigenvalue weighted by Crippen LogP contribution is 2.35. The number of ether oxygens (including phenoxy) is 1. The lowest BCUT2D eigenvalue weighted by Gasteiger charge is -2.10. The molecule has 8 heteroatoms. The van der Waals surface area contributed by atoms with Crippen LogP contribution in [0.4, 0.5) is 5.69 Å². The van der Waals surface area contributed by atoms with E-state index in [1.165, 1.54) is 30.4 Å². The van der Waals surface area contributed by atoms with Crippen LogP contribution in [0.3, 0.4) is 0 Å². The molecule has 0 aliphatic carbocycles. The molecule has 1 aromatic carbocycles. The van der Waals surface area contributed by atoms with Crippen molar-refractivity contribution in [3.05, 3.63) is 48.9 Å². The second kappa shape index (κ2) is 6.10. The van der Waals surface area contributed by atoms with Crippen LogP contribution in [0, 0.1) is 10.1 Å². The van der Waals surface area contributed by atoms with E-state index in [1.807, 2.05) is 0 Å². The molecule has 0 amide bonds. The number of nitrogens with zero attached hydrogens (tertiary/aromatic N) is 2. The van der Waals surface area contributed by atoms with Crippen molar-refractivity contribution in [3.63, 3.8) is 0 Å². The monoisotopic (exact) mass is 356 g/mol. The summed E-state index contributed by atoms with van der Waals surface area (Å²) in [5, 5.41) is 11.1. The number of halogens is 1. The number of Topliss-reactive ketones (excluding diaryl/α,β-unsaturated/α-hetero) is 1. The number of hydrogen-bond donors (Lipinski definition) is 0. The van der Waals surface area contributed by atoms with Crippen molar-refractivity contribution in [2.75, 3.05) is 0 Å². The van der Waals surface area contributed by atoms with Gasteiger partial charge in [-0.1, -0.05) is 15.9 Å². The predicted molar refractivity (Wildman–Crippen MR) is 77.2 cm³/mol. The minimum absolute atomic E-state index is 0.0147. The zero-order valence-corrected chi connectivity index (χ0v) is 12.7. The highest BCUT2D eigenvalue weighted by atomic mass is 79.9. The molecule has 1 heterocycles. The van der Waals surface area contributed by atoms with Gasteiger partial charge in [0, 0.05) is 16.7 Å². The van der Waals surface area contributed by atoms with Gasteiger partial charge in [0.2, 0.25) is 5.75 Å². The lowest BCUT2D eigenvalue weighted by Crippen LogP contribution is -2.04. The predicted octanol–water partition coefficient (Wildman–Crippen LogP) is 3.60. The quantitative estimate of drug-likeness (QED) is 0.464. The van der Waals surface area contributed by atoms with Crippen LogP contribution in [0.1, 0.15) is 22.2 Å². The normalized spacial score (nSPS) is 10.3. The number of nitro groups is 1. The zero-order valence-electron chi connectivity index (χ0n) is 10.3. The molecule has 0 aliphatic heterocycles. The molecule has 104 valence electrons. The van der Waals surface area contributed by atoms with Crippen LogP contribution in [0.5, 0.6) is 5.75 Å². The highest BCUT2D eigenvalue weighted by molar-refractivity contribution is 9.10. The summed E-state index contributed by atoms with van der Waals surface area (Å²) in [5.41, 5.74) is 1.57. The van der Waals surface area contributed by atoms with Gasteiger partial charge < -0.3 is 4.74 Å². The molecule has 0 radical (unpaired) electrons. The molecular weight excluding hydrogens is 348 g/mol. The molecule has 20 heavy (non-hydrogen) atoms. The van der Waals surface area contributed by atoms with E-state index in [0.29, 0.717) is 4.47 Å². The first-order chi connectivity index (χ1) is 9.49. The number of nitro benzene ring substituents is 1. The van der Waals surface area contributed by atoms with Crippen molar-refractivity contribution in [1.29, 1.82) is 0 Å². The Kier molecular flexibility index (Phi) is 4.46. The summed E-state index contributed by atoms with van der Waals surface area (Å²) in [6, 6.07) is 2.83. The Morgan fingerprint density at radius 1 is 1.55 bits per heavy atom. The lowest BCUT2D eigenvalue weighted by molar-refractivity contribution is -0.386. The van der Waals surface area contributed by atoms with Gasteiger partial charge in [0.15, 0.2) is 5.78 Å². The van der Waals surface area contributed by atoms with Gasteiger partial charge in [-0.2, -0.15) is 0 Å². The molecule has 0 atom stereocenters. The first-order valence-electron chi connectivity index (χ1n) is 5.48. The van der Waals surface area contributed by atoms with E-state index in [-0.39, 0.29) is 29.4 Å². The number of benzene rings is 1. The summed E-state index contributed by atoms with van der Waals surface area (Å²) in [6.45, 7) is 1.47. The lowest BCUT2D eigenvalue weighted by atomic mass is 10.1. The van der Waals surface area contributed by atoms with Crippen molar-refractivity contribution >= 4 is 38.7 Å². The van der Waals surface area contributed by atoms with Crippen molar-refractivity contribution in [1.82, 2.24) is 4.98 Å². The van der Waals surface area contributed by atoms with E-state index in [4.69, 9.17) is 4.74 Å². The summed E-state index contributed by atoms with van der Waals surface area (Å²) in [7, 11) is 0. The zero-order chi connectivity index (χ0) is 14.7. The first kappa shape index (κ1) is 14.6. The Morgan fingerprint density at radius 3 is 2.85 bits per heavy atom. The average molecular weight is 357 g/mol. The summed E-state index contributed by atoms with van der Waals surface area (Å²) < 4.78 is 5.94. The second-order valence-corrected chi connectivity index (χ2v) is 5.76. The maximum atomic E-state index is 11.6. The van der Waals surface area contributed by atoms with E-state index >= 15 is 0 Å². The fourth-order valence-corrected chi connectivity index (χ4v) is 2.54. The Hall–Kier alpha value is -1.80. The SMILES string of the molecule is CC(=O)c1cc(Br)cc([N+](=O)[O-])c1OCc1cncs1. The summed E-state index contributed by atoms with van der Waals surface area (Å²) >= 11 is 4.53. The smallest absolute Gasteiger partial charge is 0.312 e. The molecule has 0 unspecified atom stereocenters. The van der Waals surface area contributed by atoms with Gasteiger partial charge in [-0.25, -0.2) is 0 Å². The molecule has 0 bridgehead atoms. The van der Waals surface area contributed by atoms with Crippen LogP contribution in [-0.2, 0) is 6.61 Å². The van der Waals surface area contributed by atoms with Crippen molar-refractivity contribution in [2.24, 2.45) is 0 Å². The Labute approximate surface area is 126 Å². The largest absolute Gasteiger partial charge is 0.481 e. The number of carbonyl (C=O) groups excluding carboxylic acids is 1. The minimum Gasteiger partial charge on any atom is -0.481 e. The Morgan fingerprint density at radius 2 is 2.30 bits per heavy atom. The van der Waals surface area contributed by atoms with Crippen LogP contribution >= 0.6 is 27.3 Å². The molecule has 2 rings (SSSR count). The molecule has 0 fully saturated rings. The third kappa shape index (κ3) is 3.20. The average Bonchev–Trinajstić information content (AvgIpc) is 2.89. The fourth-order valence-electron chi connectivity index (χ4n) is 1.58. The first-order valence-corrected chi connectivity index (χ1v) is 7.15. The number of ketones is 1. The van der Waals surface area contributed by atoms with E-state index in [0.717, 1.165) is 4.88 Å². The molecular formula is C12H9BrN2O4S. The van der Waals surface area contributed by atoms with Gasteiger partial charge in [0.25, 0.3) is 0 Å². The van der Waals surface area contributed by atoms with Gasteiger partial charge in [-0.15, -0.1) is 11.3 Å². The molecule has 0 saturated carbocycles. The van der Waals surface area contributed by atoms with E-state index in [9.17, 15) is 14.9 Å². The number of carbonyl (C=O) groups is 1. The van der Waals surface area contributed by atoms with E-state index in [1.54, 1.807) is 11.7 Å². The van der Waals surface area contributed by atoms with Crippen LogP contribution in [0.25, 0.3) is 0 Å². The second-order valence-electron chi connectivity index (χ2n) is 3.87. The minimum atomic E-state index is -0.570. The van der Waals surface area contributed by atoms with Gasteiger partial charge in [-0.3, -0.25) is 19.9 Å². The molecule has 0 saturated heterocycles. The summed E-state index contributed by atoms with van der Waals surface area (Å²) in [6.07, 6.45) is 1.61. The van der Waals surface area contributed by atoms with E-state index in [2.05, 4.69) is 20.9 Å². The summed E-state index contributed by atoms with van der Waals surface area (Å²) in [4.78, 5) is 26.9. The fraction of sp³-hybridized carbons (Fsp3) is 0.167. The number of aromatic nitrogens is 1. The molecule has 0 spiro atoms. The standard InChI is InChI=1S/C12H9BrN2O4S/c1-7(16)10-2-8(13)3-11(15(17)18)12(10)19-5-9-4-14-6-20-9/h2-4,6H,5H2,1H3. The topological polar surface area (TPSA) is 82.3 Å². The Bertz CT molecular complexity index is 622. The third-order valence-corrected chi connectivity index (χ3v) is 3.66. The van der Waals surface area contributed by atoms with Gasteiger partial charge >= 0.3 is 5.69 Å². The van der Waals surface area contributed by atoms with Crippen LogP contribution < -0.4 is 4.74 Å². The molecule has 1 aromatic heterocycles. The maximum Gasteiger partial charge on any atom is 0.312 e. The number of thiazole rings is 1. The Balaban J connectivity index is 2.42. The van der Waals surface area contributed by atoms with E-state index < -0.39 is 4.92 Å². The van der Waals surface area contributed by atoms with Crippen molar-refractivity contribution in [3.8, 4) is 5.75 Å². The number of hydrogen-bond acceptors (Lipinski definition) is 6. The van der Waals surface area contributed by atoms with Crippen molar-refractivity contribution < 1.29 is 14.5 Å². The van der Waals surface area contributed by atoms with Gasteiger partial charge in [-0.05, 0) is 13.0 Å². The maximum absolute atomic E-state index is 11.6. The van der Waals surface area contributed by atoms with Crippen molar-refractivity contribution in [2.45, 2.75) is 13.5 Å². The molecule has 0 N–H and O–H groups in total. The molecule has 0 aliphatic rings. The van der Waals surface area contributed by atoms with Crippen LogP contribution in [-0.4, -0.2) is 15.7 Å². The summed E-state index contributed by atoms with van der Waals surface area (Å²) in [5.74, 6) is -0.312. The highest BCUT2D eigenvalue weighted by Gasteiger charge is 2.23.